The molecule has 0 aliphatic carbocycles. The molecule has 0 saturated heterocycles. The van der Waals surface area contributed by atoms with Crippen LogP contribution in [0.4, 0.5) is 0 Å². The van der Waals surface area contributed by atoms with Crippen LogP contribution in [0.5, 0.6) is 11.5 Å². The number of ketones is 1. The van der Waals surface area contributed by atoms with Gasteiger partial charge in [-0.25, -0.2) is 0 Å². The average molecular weight is 251 g/mol. The van der Waals surface area contributed by atoms with Gasteiger partial charge in [-0.2, -0.15) is 5.10 Å². The molecule has 88 valence electrons. The number of rotatable bonds is 3. The summed E-state index contributed by atoms with van der Waals surface area (Å²) in [6.07, 6.45) is 3.32. The summed E-state index contributed by atoms with van der Waals surface area (Å²) in [5.41, 5.74) is 0.563. The minimum atomic E-state index is -0.0279. The third kappa shape index (κ3) is 2.65. The first-order valence-corrected chi connectivity index (χ1v) is 5.41. The Morgan fingerprint density at radius 1 is 1.47 bits per heavy atom. The minimum Gasteiger partial charge on any atom is -0.452 e. The smallest absolute Gasteiger partial charge is 0.165 e. The van der Waals surface area contributed by atoms with Crippen LogP contribution in [0.25, 0.3) is 0 Å². The summed E-state index contributed by atoms with van der Waals surface area (Å²) >= 11 is 6.03. The first-order chi connectivity index (χ1) is 8.06. The highest BCUT2D eigenvalue weighted by Gasteiger charge is 2.07. The molecule has 1 aromatic carbocycles. The lowest BCUT2D eigenvalue weighted by Gasteiger charge is -2.06. The van der Waals surface area contributed by atoms with E-state index in [0.29, 0.717) is 22.1 Å². The van der Waals surface area contributed by atoms with E-state index in [0.717, 1.165) is 0 Å². The Kier molecular flexibility index (Phi) is 3.15. The number of Topliss-reactive ketones (excluding diaryl/α,β-unsaturated/α-hetero) is 1. The molecule has 0 spiro atoms. The fraction of sp³-hybridized carbons (Fsp3) is 0.167. The predicted molar refractivity (Wildman–Crippen MR) is 64.7 cm³/mol. The van der Waals surface area contributed by atoms with Gasteiger partial charge in [-0.05, 0) is 25.1 Å². The van der Waals surface area contributed by atoms with Crippen molar-refractivity contribution >= 4 is 17.4 Å². The Hall–Kier alpha value is -1.81. The number of aryl methyl sites for hydroxylation is 1. The normalized spacial score (nSPS) is 10.3. The van der Waals surface area contributed by atoms with Crippen molar-refractivity contribution in [3.05, 3.63) is 41.2 Å². The van der Waals surface area contributed by atoms with Crippen molar-refractivity contribution in [2.75, 3.05) is 0 Å². The van der Waals surface area contributed by atoms with Crippen LogP contribution in [0.15, 0.2) is 30.6 Å². The average Bonchev–Trinajstić information content (AvgIpc) is 2.67. The monoisotopic (exact) mass is 250 g/mol. The van der Waals surface area contributed by atoms with Gasteiger partial charge in [0.25, 0.3) is 0 Å². The first kappa shape index (κ1) is 11.7. The number of ether oxygens (including phenoxy) is 1. The molecule has 2 aromatic rings. The molecule has 5 heteroatoms. The standard InChI is InChI=1S/C12H11ClN2O2/c1-8(16)9-3-4-12(11(13)5-9)17-10-6-14-15(2)7-10/h3-7H,1-2H3. The first-order valence-electron chi connectivity index (χ1n) is 5.03. The molecule has 17 heavy (non-hydrogen) atoms. The van der Waals surface area contributed by atoms with Gasteiger partial charge < -0.3 is 4.74 Å². The number of hydrogen-bond donors (Lipinski definition) is 0. The van der Waals surface area contributed by atoms with E-state index in [1.807, 2.05) is 0 Å². The number of aromatic nitrogens is 2. The van der Waals surface area contributed by atoms with Crippen molar-refractivity contribution in [2.45, 2.75) is 6.92 Å². The zero-order valence-electron chi connectivity index (χ0n) is 9.48. The van der Waals surface area contributed by atoms with Gasteiger partial charge >= 0.3 is 0 Å². The van der Waals surface area contributed by atoms with Crippen molar-refractivity contribution in [3.63, 3.8) is 0 Å². The second-order valence-electron chi connectivity index (χ2n) is 3.65. The van der Waals surface area contributed by atoms with Gasteiger partial charge in [-0.1, -0.05) is 11.6 Å². The van der Waals surface area contributed by atoms with Crippen LogP contribution in [0.1, 0.15) is 17.3 Å². The molecule has 0 unspecified atom stereocenters. The van der Waals surface area contributed by atoms with Crippen LogP contribution in [0.3, 0.4) is 0 Å². The number of halogens is 1. The summed E-state index contributed by atoms with van der Waals surface area (Å²) < 4.78 is 7.17. The van der Waals surface area contributed by atoms with Gasteiger partial charge in [0, 0.05) is 12.6 Å². The number of nitrogens with zero attached hydrogens (tertiary/aromatic N) is 2. The number of carbonyl (C=O) groups excluding carboxylic acids is 1. The van der Waals surface area contributed by atoms with Crippen LogP contribution < -0.4 is 4.74 Å². The summed E-state index contributed by atoms with van der Waals surface area (Å²) in [6, 6.07) is 4.95. The number of carbonyl (C=O) groups is 1. The van der Waals surface area contributed by atoms with Gasteiger partial charge in [0.1, 0.15) is 5.75 Å². The molecule has 1 aromatic heterocycles. The summed E-state index contributed by atoms with van der Waals surface area (Å²) in [4.78, 5) is 11.2. The Bertz CT molecular complexity index is 563. The van der Waals surface area contributed by atoms with Crippen molar-refractivity contribution < 1.29 is 9.53 Å². The number of benzene rings is 1. The van der Waals surface area contributed by atoms with Gasteiger partial charge in [-0.15, -0.1) is 0 Å². The lowest BCUT2D eigenvalue weighted by Crippen LogP contribution is -1.92. The summed E-state index contributed by atoms with van der Waals surface area (Å²) in [5.74, 6) is 1.08. The zero-order chi connectivity index (χ0) is 12.4. The Morgan fingerprint density at radius 2 is 2.24 bits per heavy atom. The fourth-order valence-corrected chi connectivity index (χ4v) is 1.60. The molecule has 4 nitrogen and oxygen atoms in total. The van der Waals surface area contributed by atoms with Gasteiger partial charge in [0.2, 0.25) is 0 Å². The third-order valence-electron chi connectivity index (χ3n) is 2.25. The Labute approximate surface area is 104 Å². The molecule has 0 fully saturated rings. The maximum atomic E-state index is 11.2. The van der Waals surface area contributed by atoms with Gasteiger partial charge in [0.15, 0.2) is 11.5 Å². The number of hydrogen-bond acceptors (Lipinski definition) is 3. The third-order valence-corrected chi connectivity index (χ3v) is 2.54. The minimum absolute atomic E-state index is 0.0279. The molecular weight excluding hydrogens is 240 g/mol. The predicted octanol–water partition coefficient (Wildman–Crippen LogP) is 3.07. The van der Waals surface area contributed by atoms with E-state index in [-0.39, 0.29) is 5.78 Å². The molecule has 0 N–H and O–H groups in total. The largest absolute Gasteiger partial charge is 0.452 e. The van der Waals surface area contributed by atoms with Crippen LogP contribution in [-0.4, -0.2) is 15.6 Å². The summed E-state index contributed by atoms with van der Waals surface area (Å²) in [5, 5.41) is 4.39. The summed E-state index contributed by atoms with van der Waals surface area (Å²) in [7, 11) is 1.80. The van der Waals surface area contributed by atoms with Crippen molar-refractivity contribution in [2.24, 2.45) is 7.05 Å². The molecule has 0 saturated carbocycles. The molecule has 0 bridgehead atoms. The highest BCUT2D eigenvalue weighted by molar-refractivity contribution is 6.32. The van der Waals surface area contributed by atoms with Crippen LogP contribution >= 0.6 is 11.6 Å². The second kappa shape index (κ2) is 4.59. The maximum absolute atomic E-state index is 11.2. The molecule has 2 rings (SSSR count). The van der Waals surface area contributed by atoms with Gasteiger partial charge in [-0.3, -0.25) is 9.48 Å². The lowest BCUT2D eigenvalue weighted by atomic mass is 10.1. The zero-order valence-corrected chi connectivity index (χ0v) is 10.2. The van der Waals surface area contributed by atoms with E-state index < -0.39 is 0 Å². The van der Waals surface area contributed by atoms with E-state index in [4.69, 9.17) is 16.3 Å². The summed E-state index contributed by atoms with van der Waals surface area (Å²) in [6.45, 7) is 1.49. The molecule has 0 aliphatic rings. The topological polar surface area (TPSA) is 44.1 Å². The molecule has 1 heterocycles. The van der Waals surface area contributed by atoms with Crippen LogP contribution in [-0.2, 0) is 7.05 Å². The lowest BCUT2D eigenvalue weighted by molar-refractivity contribution is 0.101. The quantitative estimate of drug-likeness (QED) is 0.787. The van der Waals surface area contributed by atoms with Crippen molar-refractivity contribution in [3.8, 4) is 11.5 Å². The van der Waals surface area contributed by atoms with Gasteiger partial charge in [0.05, 0.1) is 17.4 Å². The van der Waals surface area contributed by atoms with E-state index in [9.17, 15) is 4.79 Å². The molecule has 0 atom stereocenters. The highest BCUT2D eigenvalue weighted by atomic mass is 35.5. The van der Waals surface area contributed by atoms with Crippen LogP contribution in [0, 0.1) is 0 Å². The highest BCUT2D eigenvalue weighted by Crippen LogP contribution is 2.29. The van der Waals surface area contributed by atoms with E-state index in [1.54, 1.807) is 42.3 Å². The maximum Gasteiger partial charge on any atom is 0.165 e. The molecule has 0 amide bonds. The molecule has 0 aliphatic heterocycles. The van der Waals surface area contributed by atoms with E-state index in [1.165, 1.54) is 6.92 Å². The van der Waals surface area contributed by atoms with E-state index in [2.05, 4.69) is 5.10 Å². The Balaban J connectivity index is 2.25. The molecule has 0 radical (unpaired) electrons. The Morgan fingerprint density at radius 3 is 2.76 bits per heavy atom. The fourth-order valence-electron chi connectivity index (χ4n) is 1.38. The van der Waals surface area contributed by atoms with Crippen molar-refractivity contribution in [1.29, 1.82) is 0 Å². The van der Waals surface area contributed by atoms with E-state index >= 15 is 0 Å². The van der Waals surface area contributed by atoms with Crippen LogP contribution in [0.2, 0.25) is 5.02 Å². The molecular formula is C12H11ClN2O2. The SMILES string of the molecule is CC(=O)c1ccc(Oc2cnn(C)c2)c(Cl)c1. The second-order valence-corrected chi connectivity index (χ2v) is 4.06. The van der Waals surface area contributed by atoms with Crippen molar-refractivity contribution in [1.82, 2.24) is 9.78 Å².